The van der Waals surface area contributed by atoms with Crippen molar-refractivity contribution < 1.29 is 28.3 Å². The summed E-state index contributed by atoms with van der Waals surface area (Å²) < 4.78 is 13.5. The number of hydrogen-bond acceptors (Lipinski definition) is 7. The van der Waals surface area contributed by atoms with Gasteiger partial charge >= 0.3 is 5.97 Å². The first-order valence-electron chi connectivity index (χ1n) is 14.7. The van der Waals surface area contributed by atoms with Crippen molar-refractivity contribution in [3.05, 3.63) is 83.9 Å². The molecule has 2 aromatic rings. The van der Waals surface area contributed by atoms with Gasteiger partial charge in [0.05, 0.1) is 5.92 Å². The maximum absolute atomic E-state index is 14.1. The van der Waals surface area contributed by atoms with E-state index < -0.39 is 38.4 Å². The number of hydrogen-bond donors (Lipinski definition) is 0. The molecule has 0 spiro atoms. The Morgan fingerprint density at radius 1 is 0.977 bits per heavy atom. The molecule has 0 N–H and O–H groups in total. The van der Waals surface area contributed by atoms with Gasteiger partial charge in [-0.25, -0.2) is 9.10 Å². The minimum absolute atomic E-state index is 0.129. The predicted molar refractivity (Wildman–Crippen MR) is 170 cm³/mol. The van der Waals surface area contributed by atoms with E-state index in [1.54, 1.807) is 6.92 Å². The Kier molecular flexibility index (Phi) is 10.3. The third-order valence-corrected chi connectivity index (χ3v) is 10.1. The molecule has 2 aromatic carbocycles. The Balaban J connectivity index is 1.70. The molecule has 10 heteroatoms. The number of benzene rings is 2. The lowest BCUT2D eigenvalue weighted by Gasteiger charge is -2.54. The van der Waals surface area contributed by atoms with Crippen LogP contribution in [0.15, 0.2) is 72.8 Å². The highest BCUT2D eigenvalue weighted by atomic mass is 32.2. The Labute approximate surface area is 260 Å². The van der Waals surface area contributed by atoms with E-state index in [9.17, 15) is 19.2 Å². The second-order valence-electron chi connectivity index (χ2n) is 12.6. The van der Waals surface area contributed by atoms with Crippen LogP contribution >= 0.6 is 11.9 Å². The summed E-state index contributed by atoms with van der Waals surface area (Å²) in [6, 6.07) is 17.8. The number of carbonyl (C=O) groups excluding carboxylic acids is 4. The number of nitrogens with zero attached hydrogens (tertiary/aromatic N) is 2. The summed E-state index contributed by atoms with van der Waals surface area (Å²) in [7, 11) is -1.40. The van der Waals surface area contributed by atoms with Gasteiger partial charge < -0.3 is 14.1 Å². The molecule has 1 unspecified atom stereocenters. The summed E-state index contributed by atoms with van der Waals surface area (Å²) in [5, 5.41) is -0.665. The summed E-state index contributed by atoms with van der Waals surface area (Å²) in [5.74, 6) is -2.25. The monoisotopic (exact) mass is 622 g/mol. The topological polar surface area (TPSA) is 93.2 Å². The number of carbonyl (C=O) groups is 4. The van der Waals surface area contributed by atoms with Crippen molar-refractivity contribution in [1.29, 1.82) is 0 Å². The first kappa shape index (κ1) is 32.7. The zero-order chi connectivity index (χ0) is 31.5. The average Bonchev–Trinajstić information content (AvgIpc) is 3.28. The van der Waals surface area contributed by atoms with Crippen molar-refractivity contribution in [2.45, 2.75) is 71.2 Å². The van der Waals surface area contributed by atoms with Gasteiger partial charge in [0.15, 0.2) is 21.2 Å². The van der Waals surface area contributed by atoms with Crippen molar-refractivity contribution in [2.75, 3.05) is 6.61 Å². The lowest BCUT2D eigenvalue weighted by atomic mass is 9.69. The fraction of sp³-hybridized carbons (Fsp3) is 0.455. The van der Waals surface area contributed by atoms with Gasteiger partial charge in [-0.15, -0.1) is 0 Å². The zero-order valence-corrected chi connectivity index (χ0v) is 27.8. The van der Waals surface area contributed by atoms with Crippen molar-refractivity contribution in [1.82, 2.24) is 9.21 Å². The third kappa shape index (κ3) is 7.30. The van der Waals surface area contributed by atoms with Crippen molar-refractivity contribution >= 4 is 44.7 Å². The molecular weight excluding hydrogens is 581 g/mol. The molecule has 43 heavy (non-hydrogen) atoms. The molecule has 2 heterocycles. The smallest absolute Gasteiger partial charge is 0.334 e. The lowest BCUT2D eigenvalue weighted by molar-refractivity contribution is -0.172. The maximum atomic E-state index is 14.1. The van der Waals surface area contributed by atoms with Gasteiger partial charge in [-0.2, -0.15) is 0 Å². The van der Waals surface area contributed by atoms with Gasteiger partial charge in [0.1, 0.15) is 5.37 Å². The molecule has 2 aliphatic heterocycles. The Morgan fingerprint density at radius 3 is 1.93 bits per heavy atom. The fourth-order valence-corrected chi connectivity index (χ4v) is 7.55. The number of esters is 1. The second-order valence-corrected chi connectivity index (χ2v) is 16.1. The number of rotatable bonds is 12. The van der Waals surface area contributed by atoms with Crippen molar-refractivity contribution in [3.63, 3.8) is 0 Å². The van der Waals surface area contributed by atoms with E-state index in [4.69, 9.17) is 9.16 Å². The van der Waals surface area contributed by atoms with Crippen LogP contribution in [0.25, 0.3) is 0 Å². The molecule has 2 aliphatic rings. The minimum Gasteiger partial charge on any atom is -0.451 e. The number of amides is 3. The minimum atomic E-state index is -1.40. The molecule has 2 saturated heterocycles. The highest BCUT2D eigenvalue weighted by Crippen LogP contribution is 2.49. The van der Waals surface area contributed by atoms with Crippen LogP contribution in [-0.4, -0.2) is 60.0 Å². The van der Waals surface area contributed by atoms with Crippen LogP contribution in [0, 0.1) is 17.3 Å². The van der Waals surface area contributed by atoms with Gasteiger partial charge in [-0.3, -0.25) is 14.4 Å². The highest BCUT2D eigenvalue weighted by Gasteiger charge is 2.59. The maximum Gasteiger partial charge on any atom is 0.334 e. The van der Waals surface area contributed by atoms with Crippen LogP contribution in [0.4, 0.5) is 0 Å². The summed E-state index contributed by atoms with van der Waals surface area (Å²) >= 11 is 1.03. The van der Waals surface area contributed by atoms with Crippen LogP contribution < -0.4 is 0 Å². The van der Waals surface area contributed by atoms with E-state index in [0.717, 1.165) is 27.4 Å². The number of imide groups is 1. The van der Waals surface area contributed by atoms with Gasteiger partial charge in [-0.1, -0.05) is 88.0 Å². The number of β-lactam (4-membered cyclic amide) rings is 1. The first-order valence-corrected chi connectivity index (χ1v) is 18.3. The normalized spacial score (nSPS) is 20.4. The van der Waals surface area contributed by atoms with Crippen LogP contribution in [0.1, 0.15) is 57.8 Å². The Hall–Kier alpha value is -3.21. The van der Waals surface area contributed by atoms with Crippen molar-refractivity contribution in [2.24, 2.45) is 17.3 Å². The second kappa shape index (κ2) is 13.6. The van der Waals surface area contributed by atoms with E-state index in [1.165, 1.54) is 4.90 Å². The van der Waals surface area contributed by atoms with Crippen molar-refractivity contribution in [3.8, 4) is 0 Å². The molecule has 4 atom stereocenters. The van der Waals surface area contributed by atoms with E-state index in [1.807, 2.05) is 60.7 Å². The Bertz CT molecular complexity index is 1290. The fourth-order valence-electron chi connectivity index (χ4n) is 5.56. The molecule has 8 nitrogen and oxygen atoms in total. The molecule has 0 saturated carbocycles. The standard InChI is InChI=1S/C33H42N2O6SSi/c1-21(2)28(32(39)41-29(22-14-10-8-11-15-22)23-16-12-9-13-17-23)34-30(38)27(24(33(3,4)5)20-40-43(6)7)31(34)42-35-25(36)18-19-26(35)37/h8-17,24,27-29,31,43H,1,18-20H2,2-7H3/t24-,27+,28?,31-/m1/s1. The molecule has 0 radical (unpaired) electrons. The molecule has 0 aliphatic carbocycles. The highest BCUT2D eigenvalue weighted by molar-refractivity contribution is 7.98. The molecule has 4 rings (SSSR count). The Morgan fingerprint density at radius 2 is 1.49 bits per heavy atom. The first-order chi connectivity index (χ1) is 20.3. The molecule has 0 bridgehead atoms. The van der Waals surface area contributed by atoms with E-state index in [2.05, 4.69) is 40.4 Å². The largest absolute Gasteiger partial charge is 0.451 e. The average molecular weight is 623 g/mol. The summed E-state index contributed by atoms with van der Waals surface area (Å²) in [4.78, 5) is 55.0. The summed E-state index contributed by atoms with van der Waals surface area (Å²) in [5.41, 5.74) is 1.69. The summed E-state index contributed by atoms with van der Waals surface area (Å²) in [6.07, 6.45) is -0.448. The quantitative estimate of drug-likeness (QED) is 0.0770. The summed E-state index contributed by atoms with van der Waals surface area (Å²) in [6.45, 7) is 16.5. The molecule has 2 fully saturated rings. The molecule has 3 amide bonds. The lowest BCUT2D eigenvalue weighted by Crippen LogP contribution is -2.69. The van der Waals surface area contributed by atoms with Crippen LogP contribution in [0.3, 0.4) is 0 Å². The zero-order valence-electron chi connectivity index (χ0n) is 25.8. The van der Waals surface area contributed by atoms with Crippen LogP contribution in [0.5, 0.6) is 0 Å². The van der Waals surface area contributed by atoms with E-state index in [0.29, 0.717) is 12.2 Å². The van der Waals surface area contributed by atoms with Crippen LogP contribution in [0.2, 0.25) is 13.1 Å². The SMILES string of the molecule is C=C(C)C(C(=O)OC(c1ccccc1)c1ccccc1)N1C(=O)[C@H]([C@@H](CO[SiH](C)C)C(C)(C)C)[C@H]1SN1C(=O)CCC1=O. The number of likely N-dealkylation sites (tertiary alicyclic amines) is 1. The predicted octanol–water partition coefficient (Wildman–Crippen LogP) is 5.51. The van der Waals surface area contributed by atoms with Gasteiger partial charge in [0.25, 0.3) is 0 Å². The van der Waals surface area contributed by atoms with Gasteiger partial charge in [-0.05, 0) is 54.1 Å². The molecule has 0 aromatic heterocycles. The third-order valence-electron chi connectivity index (χ3n) is 7.90. The molecular formula is C33H42N2O6SSi. The van der Waals surface area contributed by atoms with Gasteiger partial charge in [0, 0.05) is 25.4 Å². The number of ether oxygens (including phenoxy) is 1. The molecule has 230 valence electrons. The van der Waals surface area contributed by atoms with E-state index in [-0.39, 0.29) is 41.9 Å². The van der Waals surface area contributed by atoms with Crippen LogP contribution in [-0.2, 0) is 28.3 Å². The van der Waals surface area contributed by atoms with E-state index >= 15 is 0 Å². The van der Waals surface area contributed by atoms with Gasteiger partial charge in [0.2, 0.25) is 17.7 Å².